The summed E-state index contributed by atoms with van der Waals surface area (Å²) < 4.78 is 8.83. The van der Waals surface area contributed by atoms with Gasteiger partial charge in [-0.15, -0.1) is 11.3 Å². The van der Waals surface area contributed by atoms with Crippen LogP contribution in [0.4, 0.5) is 0 Å². The number of thiophene rings is 1. The van der Waals surface area contributed by atoms with E-state index in [1.54, 1.807) is 11.3 Å². The number of nitrogens with zero attached hydrogens (tertiary/aromatic N) is 3. The van der Waals surface area contributed by atoms with E-state index in [-0.39, 0.29) is 0 Å². The fourth-order valence-corrected chi connectivity index (χ4v) is 7.09. The molecule has 0 N–H and O–H groups in total. The van der Waals surface area contributed by atoms with Crippen LogP contribution in [0.2, 0.25) is 0 Å². The molecule has 9 rings (SSSR count). The van der Waals surface area contributed by atoms with Gasteiger partial charge in [-0.2, -0.15) is 0 Å². The average Bonchev–Trinajstić information content (AvgIpc) is 3.66. The van der Waals surface area contributed by atoms with E-state index in [2.05, 4.69) is 97.1 Å². The van der Waals surface area contributed by atoms with Gasteiger partial charge in [0.15, 0.2) is 17.5 Å². The van der Waals surface area contributed by atoms with E-state index in [9.17, 15) is 0 Å². The highest BCUT2D eigenvalue weighted by Crippen LogP contribution is 2.37. The number of fused-ring (bicyclic) bond motifs is 6. The van der Waals surface area contributed by atoms with Crippen molar-refractivity contribution in [3.63, 3.8) is 0 Å². The monoisotopic (exact) mass is 581 g/mol. The molecular formula is C39H23N3OS. The third-order valence-electron chi connectivity index (χ3n) is 8.14. The van der Waals surface area contributed by atoms with Crippen molar-refractivity contribution in [3.8, 4) is 45.3 Å². The normalized spacial score (nSPS) is 11.6. The number of hydrogen-bond donors (Lipinski definition) is 0. The van der Waals surface area contributed by atoms with Gasteiger partial charge in [0.05, 0.1) is 0 Å². The Kier molecular flexibility index (Phi) is 5.64. The van der Waals surface area contributed by atoms with Gasteiger partial charge < -0.3 is 4.42 Å². The molecule has 0 unspecified atom stereocenters. The summed E-state index contributed by atoms with van der Waals surface area (Å²) in [6.07, 6.45) is 0. The maximum atomic E-state index is 6.34. The molecule has 0 aliphatic rings. The van der Waals surface area contributed by atoms with Crippen LogP contribution in [0, 0.1) is 0 Å². The first kappa shape index (κ1) is 24.9. The van der Waals surface area contributed by atoms with E-state index in [0.29, 0.717) is 17.5 Å². The molecule has 0 saturated carbocycles. The fraction of sp³-hybridized carbons (Fsp3) is 0. The molecule has 0 amide bonds. The minimum absolute atomic E-state index is 0.609. The second-order valence-electron chi connectivity index (χ2n) is 10.9. The third kappa shape index (κ3) is 4.17. The molecule has 6 aromatic carbocycles. The predicted octanol–water partition coefficient (Wildman–Crippen LogP) is 10.8. The van der Waals surface area contributed by atoms with E-state index in [4.69, 9.17) is 19.4 Å². The lowest BCUT2D eigenvalue weighted by molar-refractivity contribution is 0.669. The van der Waals surface area contributed by atoms with Crippen LogP contribution in [0.1, 0.15) is 0 Å². The summed E-state index contributed by atoms with van der Waals surface area (Å²) in [7, 11) is 0. The second kappa shape index (κ2) is 9.97. The Bertz CT molecular complexity index is 2500. The van der Waals surface area contributed by atoms with Gasteiger partial charge in [0.2, 0.25) is 0 Å². The molecule has 3 heterocycles. The summed E-state index contributed by atoms with van der Waals surface area (Å²) in [5, 5.41) is 4.67. The molecule has 9 aromatic rings. The first-order chi connectivity index (χ1) is 21.8. The first-order valence-electron chi connectivity index (χ1n) is 14.5. The maximum absolute atomic E-state index is 6.34. The number of rotatable bonds is 4. The minimum atomic E-state index is 0.609. The van der Waals surface area contributed by atoms with Crippen molar-refractivity contribution in [1.82, 2.24) is 15.0 Å². The van der Waals surface area contributed by atoms with Gasteiger partial charge in [-0.05, 0) is 47.5 Å². The molecule has 0 radical (unpaired) electrons. The number of furan rings is 1. The minimum Gasteiger partial charge on any atom is -0.456 e. The molecule has 3 aromatic heterocycles. The van der Waals surface area contributed by atoms with Crippen molar-refractivity contribution in [3.05, 3.63) is 140 Å². The van der Waals surface area contributed by atoms with Crippen molar-refractivity contribution in [1.29, 1.82) is 0 Å². The molecule has 0 bridgehead atoms. The zero-order valence-electron chi connectivity index (χ0n) is 23.4. The Hall–Kier alpha value is -5.65. The highest BCUT2D eigenvalue weighted by atomic mass is 32.1. The van der Waals surface area contributed by atoms with E-state index < -0.39 is 0 Å². The predicted molar refractivity (Wildman–Crippen MR) is 182 cm³/mol. The van der Waals surface area contributed by atoms with Crippen LogP contribution in [0.3, 0.4) is 0 Å². The van der Waals surface area contributed by atoms with Crippen LogP contribution in [-0.4, -0.2) is 15.0 Å². The van der Waals surface area contributed by atoms with Crippen molar-refractivity contribution in [2.24, 2.45) is 0 Å². The average molecular weight is 582 g/mol. The SMILES string of the molecule is c1ccc(-c2ccc3oc4cc(-c5nc(-c6ccccc6)nc(-c6ccc7c(c6)sc6ccccc67)n5)ccc4c3c2)cc1. The van der Waals surface area contributed by atoms with Gasteiger partial charge >= 0.3 is 0 Å². The van der Waals surface area contributed by atoms with E-state index in [1.807, 2.05) is 42.5 Å². The molecule has 4 nitrogen and oxygen atoms in total. The van der Waals surface area contributed by atoms with E-state index in [1.165, 1.54) is 25.7 Å². The lowest BCUT2D eigenvalue weighted by atomic mass is 10.0. The van der Waals surface area contributed by atoms with Crippen LogP contribution in [0.25, 0.3) is 87.4 Å². The molecule has 0 saturated heterocycles. The van der Waals surface area contributed by atoms with Gasteiger partial charge in [0.25, 0.3) is 0 Å². The maximum Gasteiger partial charge on any atom is 0.164 e. The molecular weight excluding hydrogens is 559 g/mol. The van der Waals surface area contributed by atoms with Gasteiger partial charge in [-0.3, -0.25) is 0 Å². The van der Waals surface area contributed by atoms with Crippen LogP contribution in [0.5, 0.6) is 0 Å². The lowest BCUT2D eigenvalue weighted by Crippen LogP contribution is -2.00. The van der Waals surface area contributed by atoms with Gasteiger partial charge in [-0.1, -0.05) is 103 Å². The molecule has 0 aliphatic heterocycles. The van der Waals surface area contributed by atoms with Gasteiger partial charge in [0.1, 0.15) is 11.2 Å². The van der Waals surface area contributed by atoms with Crippen molar-refractivity contribution < 1.29 is 4.42 Å². The van der Waals surface area contributed by atoms with Crippen LogP contribution < -0.4 is 0 Å². The molecule has 206 valence electrons. The standard InChI is InChI=1S/C39H23N3OS/c1-3-9-24(10-4-1)26-17-20-33-32(21-26)29-18-15-27(22-34(29)43-33)38-40-37(25-11-5-2-6-12-25)41-39(42-38)28-16-19-31-30-13-7-8-14-35(30)44-36(31)23-28/h1-23H. The van der Waals surface area contributed by atoms with E-state index >= 15 is 0 Å². The Morgan fingerprint density at radius 2 is 0.955 bits per heavy atom. The van der Waals surface area contributed by atoms with Gasteiger partial charge in [-0.25, -0.2) is 15.0 Å². The summed E-state index contributed by atoms with van der Waals surface area (Å²) in [5.74, 6) is 1.89. The number of hydrogen-bond acceptors (Lipinski definition) is 5. The molecule has 0 fully saturated rings. The Labute approximate surface area is 256 Å². The van der Waals surface area contributed by atoms with Crippen LogP contribution >= 0.6 is 11.3 Å². The topological polar surface area (TPSA) is 51.8 Å². The number of benzene rings is 6. The highest BCUT2D eigenvalue weighted by Gasteiger charge is 2.16. The summed E-state index contributed by atoms with van der Waals surface area (Å²) in [5.41, 5.74) is 6.79. The Balaban J connectivity index is 1.19. The first-order valence-corrected chi connectivity index (χ1v) is 15.3. The molecule has 44 heavy (non-hydrogen) atoms. The van der Waals surface area contributed by atoms with Gasteiger partial charge in [0, 0.05) is 47.6 Å². The van der Waals surface area contributed by atoms with Crippen LogP contribution in [0.15, 0.2) is 144 Å². The van der Waals surface area contributed by atoms with Crippen molar-refractivity contribution >= 4 is 53.4 Å². The second-order valence-corrected chi connectivity index (χ2v) is 12.0. The summed E-state index contributed by atoms with van der Waals surface area (Å²) in [4.78, 5) is 14.9. The largest absolute Gasteiger partial charge is 0.456 e. The molecule has 0 spiro atoms. The lowest BCUT2D eigenvalue weighted by Gasteiger charge is -2.08. The third-order valence-corrected chi connectivity index (χ3v) is 9.27. The van der Waals surface area contributed by atoms with Crippen molar-refractivity contribution in [2.75, 3.05) is 0 Å². The van der Waals surface area contributed by atoms with Crippen molar-refractivity contribution in [2.45, 2.75) is 0 Å². The molecule has 0 atom stereocenters. The quantitative estimate of drug-likeness (QED) is 0.207. The Morgan fingerprint density at radius 1 is 0.364 bits per heavy atom. The zero-order valence-corrected chi connectivity index (χ0v) is 24.3. The Morgan fingerprint density at radius 3 is 1.73 bits per heavy atom. The smallest absolute Gasteiger partial charge is 0.164 e. The summed E-state index contributed by atoms with van der Waals surface area (Å²) >= 11 is 1.79. The summed E-state index contributed by atoms with van der Waals surface area (Å²) in [6.45, 7) is 0. The summed E-state index contributed by atoms with van der Waals surface area (Å²) in [6, 6.07) is 48.1. The van der Waals surface area contributed by atoms with E-state index in [0.717, 1.165) is 44.2 Å². The van der Waals surface area contributed by atoms with Crippen LogP contribution in [-0.2, 0) is 0 Å². The zero-order chi connectivity index (χ0) is 29.0. The number of aromatic nitrogens is 3. The molecule has 0 aliphatic carbocycles. The highest BCUT2D eigenvalue weighted by molar-refractivity contribution is 7.25. The molecule has 5 heteroatoms. The fourth-order valence-electron chi connectivity index (χ4n) is 5.94.